The number of rotatable bonds is 4. The normalized spacial score (nSPS) is 18.4. The van der Waals surface area contributed by atoms with Crippen LogP contribution in [0.15, 0.2) is 24.3 Å². The summed E-state index contributed by atoms with van der Waals surface area (Å²) in [6, 6.07) is 8.13. The monoisotopic (exact) mass is 289 g/mol. The number of hydrogen-bond acceptors (Lipinski definition) is 2. The molecule has 0 aromatic heterocycles. The third-order valence-electron chi connectivity index (χ3n) is 4.15. The number of ether oxygens (including phenoxy) is 1. The molecule has 3 heteroatoms. The van der Waals surface area contributed by atoms with Gasteiger partial charge in [-0.15, -0.1) is 0 Å². The van der Waals surface area contributed by atoms with Gasteiger partial charge in [-0.05, 0) is 38.8 Å². The molecule has 0 radical (unpaired) electrons. The fourth-order valence-corrected chi connectivity index (χ4v) is 2.79. The van der Waals surface area contributed by atoms with E-state index in [2.05, 4.69) is 5.32 Å². The molecule has 1 aromatic carbocycles. The van der Waals surface area contributed by atoms with E-state index in [0.29, 0.717) is 6.04 Å². The first-order chi connectivity index (χ1) is 10.1. The first-order valence-corrected chi connectivity index (χ1v) is 8.19. The number of aryl methyl sites for hydroxylation is 1. The molecule has 1 aromatic rings. The summed E-state index contributed by atoms with van der Waals surface area (Å²) in [5, 5.41) is 3.15. The average molecular weight is 289 g/mol. The molecule has 21 heavy (non-hydrogen) atoms. The third-order valence-corrected chi connectivity index (χ3v) is 4.15. The molecular formula is C18H27NO2. The van der Waals surface area contributed by atoms with Crippen LogP contribution in [0.25, 0.3) is 0 Å². The Kier molecular flexibility index (Phi) is 6.09. The van der Waals surface area contributed by atoms with E-state index >= 15 is 0 Å². The summed E-state index contributed by atoms with van der Waals surface area (Å²) in [5.74, 6) is 0.752. The molecular weight excluding hydrogens is 262 g/mol. The van der Waals surface area contributed by atoms with E-state index in [1.807, 2.05) is 38.1 Å². The minimum absolute atomic E-state index is 0.00106. The van der Waals surface area contributed by atoms with Gasteiger partial charge in [0.2, 0.25) is 0 Å². The Bertz CT molecular complexity index is 433. The molecule has 1 saturated carbocycles. The van der Waals surface area contributed by atoms with Crippen LogP contribution < -0.4 is 10.1 Å². The molecule has 0 saturated heterocycles. The molecule has 1 amide bonds. The minimum atomic E-state index is -0.446. The van der Waals surface area contributed by atoms with Crippen molar-refractivity contribution in [2.45, 2.75) is 70.9 Å². The highest BCUT2D eigenvalue weighted by Gasteiger charge is 2.19. The second-order valence-electron chi connectivity index (χ2n) is 6.12. The van der Waals surface area contributed by atoms with Crippen LogP contribution >= 0.6 is 0 Å². The summed E-state index contributed by atoms with van der Waals surface area (Å²) in [7, 11) is 0. The highest BCUT2D eigenvalue weighted by molar-refractivity contribution is 5.81. The Labute approximate surface area is 128 Å². The SMILES string of the molecule is Cc1ccc(O[C@@H](C)C(=O)NC2CCCCCCC2)cc1. The molecule has 2 rings (SSSR count). The minimum Gasteiger partial charge on any atom is -0.481 e. The second kappa shape index (κ2) is 8.06. The lowest BCUT2D eigenvalue weighted by Crippen LogP contribution is -2.42. The Morgan fingerprint density at radius 2 is 1.67 bits per heavy atom. The van der Waals surface area contributed by atoms with E-state index in [9.17, 15) is 4.79 Å². The van der Waals surface area contributed by atoms with Crippen LogP contribution in [-0.4, -0.2) is 18.1 Å². The van der Waals surface area contributed by atoms with Crippen molar-refractivity contribution in [3.05, 3.63) is 29.8 Å². The summed E-state index contributed by atoms with van der Waals surface area (Å²) in [4.78, 5) is 12.2. The zero-order valence-electron chi connectivity index (χ0n) is 13.2. The number of nitrogens with one attached hydrogen (secondary N) is 1. The molecule has 0 aliphatic heterocycles. The van der Waals surface area contributed by atoms with Gasteiger partial charge in [0.15, 0.2) is 6.10 Å². The van der Waals surface area contributed by atoms with Crippen molar-refractivity contribution in [2.24, 2.45) is 0 Å². The largest absolute Gasteiger partial charge is 0.481 e. The number of carbonyl (C=O) groups excluding carboxylic acids is 1. The van der Waals surface area contributed by atoms with E-state index in [-0.39, 0.29) is 5.91 Å². The standard InChI is InChI=1S/C18H27NO2/c1-14-10-12-17(13-11-14)21-15(2)18(20)19-16-8-6-4-3-5-7-9-16/h10-13,15-16H,3-9H2,1-2H3,(H,19,20)/t15-/m0/s1. The molecule has 0 bridgehead atoms. The van der Waals surface area contributed by atoms with E-state index < -0.39 is 6.10 Å². The van der Waals surface area contributed by atoms with Gasteiger partial charge in [0.1, 0.15) is 5.75 Å². The van der Waals surface area contributed by atoms with Crippen molar-refractivity contribution < 1.29 is 9.53 Å². The van der Waals surface area contributed by atoms with Gasteiger partial charge in [0, 0.05) is 6.04 Å². The van der Waals surface area contributed by atoms with Gasteiger partial charge in [0.05, 0.1) is 0 Å². The molecule has 0 unspecified atom stereocenters. The predicted molar refractivity (Wildman–Crippen MR) is 85.5 cm³/mol. The predicted octanol–water partition coefficient (Wildman–Crippen LogP) is 3.99. The van der Waals surface area contributed by atoms with Gasteiger partial charge in [-0.1, -0.05) is 49.8 Å². The number of amides is 1. The van der Waals surface area contributed by atoms with E-state index in [1.54, 1.807) is 0 Å². The summed E-state index contributed by atoms with van der Waals surface area (Å²) >= 11 is 0. The first-order valence-electron chi connectivity index (χ1n) is 8.19. The molecule has 1 aliphatic carbocycles. The van der Waals surface area contributed by atoms with Crippen LogP contribution in [0, 0.1) is 6.92 Å². The third kappa shape index (κ3) is 5.41. The molecule has 116 valence electrons. The molecule has 1 N–H and O–H groups in total. The highest BCUT2D eigenvalue weighted by atomic mass is 16.5. The smallest absolute Gasteiger partial charge is 0.260 e. The Morgan fingerprint density at radius 3 is 2.29 bits per heavy atom. The van der Waals surface area contributed by atoms with Crippen molar-refractivity contribution in [1.82, 2.24) is 5.32 Å². The maximum atomic E-state index is 12.2. The van der Waals surface area contributed by atoms with Crippen molar-refractivity contribution in [3.8, 4) is 5.75 Å². The van der Waals surface area contributed by atoms with Gasteiger partial charge in [-0.2, -0.15) is 0 Å². The van der Waals surface area contributed by atoms with E-state index in [4.69, 9.17) is 4.74 Å². The Balaban J connectivity index is 1.82. The average Bonchev–Trinajstić information content (AvgIpc) is 2.44. The summed E-state index contributed by atoms with van der Waals surface area (Å²) in [6.45, 7) is 3.85. The van der Waals surface area contributed by atoms with Gasteiger partial charge in [-0.3, -0.25) is 4.79 Å². The molecule has 1 aliphatic rings. The topological polar surface area (TPSA) is 38.3 Å². The molecule has 3 nitrogen and oxygen atoms in total. The van der Waals surface area contributed by atoms with Crippen molar-refractivity contribution in [1.29, 1.82) is 0 Å². The quantitative estimate of drug-likeness (QED) is 0.910. The lowest BCUT2D eigenvalue weighted by atomic mass is 9.96. The van der Waals surface area contributed by atoms with Crippen LogP contribution in [0.1, 0.15) is 57.4 Å². The fourth-order valence-electron chi connectivity index (χ4n) is 2.79. The van der Waals surface area contributed by atoms with Crippen LogP contribution in [0.3, 0.4) is 0 Å². The number of benzene rings is 1. The highest BCUT2D eigenvalue weighted by Crippen LogP contribution is 2.18. The lowest BCUT2D eigenvalue weighted by molar-refractivity contribution is -0.128. The van der Waals surface area contributed by atoms with Gasteiger partial charge >= 0.3 is 0 Å². The second-order valence-corrected chi connectivity index (χ2v) is 6.12. The van der Waals surface area contributed by atoms with Gasteiger partial charge < -0.3 is 10.1 Å². The maximum Gasteiger partial charge on any atom is 0.260 e. The molecule has 1 atom stereocenters. The van der Waals surface area contributed by atoms with E-state index in [1.165, 1.54) is 37.7 Å². The van der Waals surface area contributed by atoms with Gasteiger partial charge in [-0.25, -0.2) is 0 Å². The van der Waals surface area contributed by atoms with Crippen LogP contribution in [0.4, 0.5) is 0 Å². The lowest BCUT2D eigenvalue weighted by Gasteiger charge is -2.23. The maximum absolute atomic E-state index is 12.2. The van der Waals surface area contributed by atoms with Crippen LogP contribution in [-0.2, 0) is 4.79 Å². The number of carbonyl (C=O) groups is 1. The Morgan fingerprint density at radius 1 is 1.10 bits per heavy atom. The molecule has 0 spiro atoms. The summed E-state index contributed by atoms with van der Waals surface area (Å²) in [5.41, 5.74) is 1.19. The molecule has 0 heterocycles. The van der Waals surface area contributed by atoms with Crippen LogP contribution in [0.2, 0.25) is 0 Å². The van der Waals surface area contributed by atoms with E-state index in [0.717, 1.165) is 18.6 Å². The zero-order valence-corrected chi connectivity index (χ0v) is 13.2. The fraction of sp³-hybridized carbons (Fsp3) is 0.611. The number of hydrogen-bond donors (Lipinski definition) is 1. The first kappa shape index (κ1) is 15.9. The zero-order chi connectivity index (χ0) is 15.1. The Hall–Kier alpha value is -1.51. The van der Waals surface area contributed by atoms with Crippen molar-refractivity contribution in [2.75, 3.05) is 0 Å². The van der Waals surface area contributed by atoms with Crippen molar-refractivity contribution >= 4 is 5.91 Å². The molecule has 1 fully saturated rings. The summed E-state index contributed by atoms with van der Waals surface area (Å²) < 4.78 is 5.72. The van der Waals surface area contributed by atoms with Crippen molar-refractivity contribution in [3.63, 3.8) is 0 Å². The summed E-state index contributed by atoms with van der Waals surface area (Å²) in [6.07, 6.45) is 8.12. The van der Waals surface area contributed by atoms with Gasteiger partial charge in [0.25, 0.3) is 5.91 Å². The van der Waals surface area contributed by atoms with Crippen LogP contribution in [0.5, 0.6) is 5.75 Å².